The Hall–Kier alpha value is -3.19. The van der Waals surface area contributed by atoms with Crippen molar-refractivity contribution < 1.29 is 14.5 Å². The fourth-order valence-corrected chi connectivity index (χ4v) is 2.60. The van der Waals surface area contributed by atoms with Gasteiger partial charge in [-0.15, -0.1) is 0 Å². The Balaban J connectivity index is 1.58. The number of non-ortho nitro benzene ring substituents is 1. The van der Waals surface area contributed by atoms with Gasteiger partial charge in [-0.05, 0) is 29.3 Å². The molecule has 1 heterocycles. The summed E-state index contributed by atoms with van der Waals surface area (Å²) in [6.07, 6.45) is 2.21. The first kappa shape index (κ1) is 16.7. The van der Waals surface area contributed by atoms with Crippen LogP contribution in [-0.4, -0.2) is 21.9 Å². The number of nitro groups is 1. The van der Waals surface area contributed by atoms with Crippen molar-refractivity contribution in [2.24, 2.45) is 5.73 Å². The van der Waals surface area contributed by atoms with Gasteiger partial charge in [-0.1, -0.05) is 18.2 Å². The normalized spacial score (nSPS) is 12.0. The Morgan fingerprint density at radius 3 is 2.64 bits per heavy atom. The summed E-state index contributed by atoms with van der Waals surface area (Å²) in [5.74, 6) is -0.511. The number of H-pyrrole nitrogens is 1. The van der Waals surface area contributed by atoms with Crippen LogP contribution in [0.1, 0.15) is 11.1 Å². The fraction of sp³-hybridized carbons (Fsp3) is 0.167. The van der Waals surface area contributed by atoms with E-state index in [2.05, 4.69) is 4.98 Å². The van der Waals surface area contributed by atoms with Crippen LogP contribution >= 0.6 is 0 Å². The SMILES string of the molecule is N[C@H](Cc1c[nH]c2ccccc12)C(=O)OCc1ccc([N+](=O)[O-])cc1. The minimum atomic E-state index is -0.780. The Kier molecular flexibility index (Phi) is 4.76. The van der Waals surface area contributed by atoms with Gasteiger partial charge in [0, 0.05) is 35.7 Å². The molecule has 128 valence electrons. The fourth-order valence-electron chi connectivity index (χ4n) is 2.60. The number of nitrogens with two attached hydrogens (primary N) is 1. The van der Waals surface area contributed by atoms with Crippen molar-refractivity contribution >= 4 is 22.6 Å². The highest BCUT2D eigenvalue weighted by molar-refractivity contribution is 5.84. The quantitative estimate of drug-likeness (QED) is 0.407. The lowest BCUT2D eigenvalue weighted by Gasteiger charge is -2.11. The van der Waals surface area contributed by atoms with Crippen LogP contribution in [0.4, 0.5) is 5.69 Å². The molecular formula is C18H17N3O4. The summed E-state index contributed by atoms with van der Waals surface area (Å²) in [6, 6.07) is 12.8. The minimum absolute atomic E-state index is 0.00823. The van der Waals surface area contributed by atoms with E-state index in [1.807, 2.05) is 30.5 Å². The molecule has 1 aromatic heterocycles. The molecule has 0 fully saturated rings. The molecule has 0 aliphatic heterocycles. The minimum Gasteiger partial charge on any atom is -0.460 e. The van der Waals surface area contributed by atoms with Gasteiger partial charge in [0.2, 0.25) is 0 Å². The molecule has 0 amide bonds. The molecule has 0 radical (unpaired) electrons. The summed E-state index contributed by atoms with van der Waals surface area (Å²) >= 11 is 0. The van der Waals surface area contributed by atoms with E-state index in [9.17, 15) is 14.9 Å². The average molecular weight is 339 g/mol. The first-order valence-corrected chi connectivity index (χ1v) is 7.75. The second-order valence-electron chi connectivity index (χ2n) is 5.70. The zero-order valence-corrected chi connectivity index (χ0v) is 13.3. The van der Waals surface area contributed by atoms with E-state index in [4.69, 9.17) is 10.5 Å². The van der Waals surface area contributed by atoms with Crippen LogP contribution in [0.2, 0.25) is 0 Å². The predicted molar refractivity (Wildman–Crippen MR) is 92.9 cm³/mol. The zero-order valence-electron chi connectivity index (χ0n) is 13.3. The number of rotatable bonds is 6. The summed E-state index contributed by atoms with van der Waals surface area (Å²) in [4.78, 5) is 25.4. The molecule has 0 spiro atoms. The highest BCUT2D eigenvalue weighted by Crippen LogP contribution is 2.19. The predicted octanol–water partition coefficient (Wildman–Crippen LogP) is 2.69. The Bertz CT molecular complexity index is 902. The number of para-hydroxylation sites is 1. The number of carbonyl (C=O) groups is 1. The maximum Gasteiger partial charge on any atom is 0.323 e. The van der Waals surface area contributed by atoms with Crippen molar-refractivity contribution in [3.63, 3.8) is 0 Å². The monoisotopic (exact) mass is 339 g/mol. The van der Waals surface area contributed by atoms with E-state index in [1.165, 1.54) is 12.1 Å². The molecule has 3 aromatic rings. The molecule has 3 N–H and O–H groups in total. The van der Waals surface area contributed by atoms with Gasteiger partial charge in [-0.3, -0.25) is 14.9 Å². The number of hydrogen-bond donors (Lipinski definition) is 2. The maximum absolute atomic E-state index is 12.1. The summed E-state index contributed by atoms with van der Waals surface area (Å²) in [7, 11) is 0. The molecule has 3 rings (SSSR count). The number of aromatic amines is 1. The third-order valence-corrected chi connectivity index (χ3v) is 3.95. The van der Waals surface area contributed by atoms with Crippen LogP contribution in [0, 0.1) is 10.1 Å². The van der Waals surface area contributed by atoms with Gasteiger partial charge in [0.05, 0.1) is 4.92 Å². The van der Waals surface area contributed by atoms with Crippen LogP contribution in [0.15, 0.2) is 54.7 Å². The smallest absolute Gasteiger partial charge is 0.323 e. The average Bonchev–Trinajstić information content (AvgIpc) is 3.03. The van der Waals surface area contributed by atoms with Crippen LogP contribution in [0.3, 0.4) is 0 Å². The zero-order chi connectivity index (χ0) is 17.8. The van der Waals surface area contributed by atoms with Gasteiger partial charge >= 0.3 is 5.97 Å². The molecule has 25 heavy (non-hydrogen) atoms. The van der Waals surface area contributed by atoms with Gasteiger partial charge in [0.15, 0.2) is 0 Å². The second kappa shape index (κ2) is 7.14. The van der Waals surface area contributed by atoms with E-state index in [0.717, 1.165) is 16.5 Å². The number of aromatic nitrogens is 1. The number of carbonyl (C=O) groups excluding carboxylic acids is 1. The topological polar surface area (TPSA) is 111 Å². The van der Waals surface area contributed by atoms with Gasteiger partial charge in [0.1, 0.15) is 12.6 Å². The number of ether oxygens (including phenoxy) is 1. The van der Waals surface area contributed by atoms with Crippen molar-refractivity contribution in [3.8, 4) is 0 Å². The number of nitrogens with one attached hydrogen (secondary N) is 1. The first-order valence-electron chi connectivity index (χ1n) is 7.75. The molecule has 1 atom stereocenters. The number of fused-ring (bicyclic) bond motifs is 1. The van der Waals surface area contributed by atoms with Gasteiger partial charge < -0.3 is 15.5 Å². The number of nitro benzene ring substituents is 1. The molecule has 0 saturated carbocycles. The van der Waals surface area contributed by atoms with E-state index in [0.29, 0.717) is 12.0 Å². The van der Waals surface area contributed by atoms with Gasteiger partial charge in [-0.25, -0.2) is 0 Å². The number of nitrogens with zero attached hydrogens (tertiary/aromatic N) is 1. The Morgan fingerprint density at radius 1 is 1.20 bits per heavy atom. The third kappa shape index (κ3) is 3.84. The summed E-state index contributed by atoms with van der Waals surface area (Å²) in [5, 5.41) is 11.6. The largest absolute Gasteiger partial charge is 0.460 e. The lowest BCUT2D eigenvalue weighted by molar-refractivity contribution is -0.384. The molecule has 0 aliphatic rings. The molecule has 0 saturated heterocycles. The summed E-state index contributed by atoms with van der Waals surface area (Å²) in [6.45, 7) is 0.0262. The third-order valence-electron chi connectivity index (χ3n) is 3.95. The lowest BCUT2D eigenvalue weighted by Crippen LogP contribution is -2.34. The van der Waals surface area contributed by atoms with E-state index >= 15 is 0 Å². The number of hydrogen-bond acceptors (Lipinski definition) is 5. The Morgan fingerprint density at radius 2 is 1.92 bits per heavy atom. The number of esters is 1. The molecular weight excluding hydrogens is 322 g/mol. The van der Waals surface area contributed by atoms with Crippen molar-refractivity contribution in [2.45, 2.75) is 19.1 Å². The number of benzene rings is 2. The molecule has 2 aromatic carbocycles. The summed E-state index contributed by atoms with van der Waals surface area (Å²) < 4.78 is 5.21. The van der Waals surface area contributed by atoms with Crippen molar-refractivity contribution in [1.82, 2.24) is 4.98 Å². The highest BCUT2D eigenvalue weighted by Gasteiger charge is 2.18. The van der Waals surface area contributed by atoms with Crippen molar-refractivity contribution in [1.29, 1.82) is 0 Å². The van der Waals surface area contributed by atoms with E-state index < -0.39 is 16.9 Å². The molecule has 7 heteroatoms. The highest BCUT2D eigenvalue weighted by atomic mass is 16.6. The van der Waals surface area contributed by atoms with Crippen LogP contribution in [0.25, 0.3) is 10.9 Å². The molecule has 0 unspecified atom stereocenters. The Labute approximate surface area is 143 Å². The van der Waals surface area contributed by atoms with Gasteiger partial charge in [0.25, 0.3) is 5.69 Å². The molecule has 7 nitrogen and oxygen atoms in total. The van der Waals surface area contributed by atoms with Crippen LogP contribution in [0.5, 0.6) is 0 Å². The lowest BCUT2D eigenvalue weighted by atomic mass is 10.1. The standard InChI is InChI=1S/C18H17N3O4/c19-16(9-13-10-20-17-4-2-1-3-15(13)17)18(22)25-11-12-5-7-14(8-6-12)21(23)24/h1-8,10,16,20H,9,11,19H2/t16-/m1/s1. The van der Waals surface area contributed by atoms with E-state index in [-0.39, 0.29) is 12.3 Å². The maximum atomic E-state index is 12.1. The van der Waals surface area contributed by atoms with Crippen LogP contribution in [-0.2, 0) is 22.6 Å². The van der Waals surface area contributed by atoms with Gasteiger partial charge in [-0.2, -0.15) is 0 Å². The van der Waals surface area contributed by atoms with E-state index in [1.54, 1.807) is 12.1 Å². The molecule has 0 bridgehead atoms. The first-order chi connectivity index (χ1) is 12.0. The summed E-state index contributed by atoms with van der Waals surface area (Å²) in [5.41, 5.74) is 8.55. The van der Waals surface area contributed by atoms with Crippen molar-refractivity contribution in [2.75, 3.05) is 0 Å². The molecule has 0 aliphatic carbocycles. The van der Waals surface area contributed by atoms with Crippen molar-refractivity contribution in [3.05, 3.63) is 76.0 Å². The van der Waals surface area contributed by atoms with Crippen LogP contribution < -0.4 is 5.73 Å². The second-order valence-corrected chi connectivity index (χ2v) is 5.70.